The van der Waals surface area contributed by atoms with Crippen LogP contribution in [0.1, 0.15) is 56.0 Å². The molecule has 12 nitrogen and oxygen atoms in total. The molecule has 0 unspecified atom stereocenters. The van der Waals surface area contributed by atoms with E-state index in [9.17, 15) is 33.0 Å². The van der Waals surface area contributed by atoms with Crippen LogP contribution in [0.25, 0.3) is 11.1 Å². The van der Waals surface area contributed by atoms with Crippen molar-refractivity contribution in [2.45, 2.75) is 20.5 Å². The molecule has 41 heavy (non-hydrogen) atoms. The molecule has 8 N–H and O–H groups in total. The standard InChI is InChI=1S/C27H28N4O5.CH4O3S/c1-15(2)13-30-25(33)18-6-10-21(23(12-18)27(35)36)20-9-3-16(14-32)11-22(20)26(34)31-19-7-4-17(5-8-19)24(28)29;1-5(2,3)4/h3-12,15,32H,13-14H2,1-2H3,(H3,28,29)(H,30,33)(H,31,34)(H,35,36);1H3,(H,2,3,4). The van der Waals surface area contributed by atoms with Crippen LogP contribution >= 0.6 is 0 Å². The van der Waals surface area contributed by atoms with Gasteiger partial charge in [0, 0.05) is 28.9 Å². The molecule has 0 bridgehead atoms. The lowest BCUT2D eigenvalue weighted by atomic mass is 9.92. The first-order valence-corrected chi connectivity index (χ1v) is 14.0. The summed E-state index contributed by atoms with van der Waals surface area (Å²) < 4.78 is 25.9. The quantitative estimate of drug-likeness (QED) is 0.111. The van der Waals surface area contributed by atoms with Crippen molar-refractivity contribution >= 4 is 39.4 Å². The number of hydrogen-bond donors (Lipinski definition) is 7. The number of aliphatic hydroxyl groups is 1. The van der Waals surface area contributed by atoms with Crippen molar-refractivity contribution in [1.29, 1.82) is 5.41 Å². The lowest BCUT2D eigenvalue weighted by Crippen LogP contribution is -2.27. The predicted octanol–water partition coefficient (Wildman–Crippen LogP) is 2.97. The summed E-state index contributed by atoms with van der Waals surface area (Å²) in [6.45, 7) is 4.04. The van der Waals surface area contributed by atoms with Gasteiger partial charge < -0.3 is 26.6 Å². The van der Waals surface area contributed by atoms with E-state index in [1.54, 1.807) is 36.4 Å². The van der Waals surface area contributed by atoms with Gasteiger partial charge in [0.25, 0.3) is 21.9 Å². The topological polar surface area (TPSA) is 220 Å². The summed E-state index contributed by atoms with van der Waals surface area (Å²) >= 11 is 0. The molecule has 0 fully saturated rings. The molecule has 0 aliphatic rings. The molecule has 13 heteroatoms. The zero-order chi connectivity index (χ0) is 30.9. The van der Waals surface area contributed by atoms with E-state index in [0.717, 1.165) is 0 Å². The fraction of sp³-hybridized carbons (Fsp3) is 0.214. The van der Waals surface area contributed by atoms with E-state index < -0.39 is 22.0 Å². The molecule has 0 aromatic heterocycles. The van der Waals surface area contributed by atoms with E-state index in [1.807, 2.05) is 13.8 Å². The van der Waals surface area contributed by atoms with Crippen molar-refractivity contribution in [2.75, 3.05) is 18.1 Å². The highest BCUT2D eigenvalue weighted by molar-refractivity contribution is 7.85. The Morgan fingerprint density at radius 1 is 0.902 bits per heavy atom. The van der Waals surface area contributed by atoms with Gasteiger partial charge in [0.15, 0.2) is 0 Å². The molecular formula is C28H32N4O8S. The molecule has 0 saturated heterocycles. The van der Waals surface area contributed by atoms with Gasteiger partial charge in [-0.15, -0.1) is 0 Å². The smallest absolute Gasteiger partial charge is 0.336 e. The summed E-state index contributed by atoms with van der Waals surface area (Å²) in [5.74, 6) is -2.03. The summed E-state index contributed by atoms with van der Waals surface area (Å²) in [7, 11) is -3.67. The van der Waals surface area contributed by atoms with Gasteiger partial charge in [-0.25, -0.2) is 4.79 Å². The number of aromatic carboxylic acids is 1. The Kier molecular flexibility index (Phi) is 11.3. The normalized spacial score (nSPS) is 10.8. The second-order valence-electron chi connectivity index (χ2n) is 9.39. The fourth-order valence-electron chi connectivity index (χ4n) is 3.54. The number of carboxylic acid groups (broad SMARTS) is 1. The molecule has 0 saturated carbocycles. The van der Waals surface area contributed by atoms with Gasteiger partial charge in [0.2, 0.25) is 0 Å². The van der Waals surface area contributed by atoms with Crippen LogP contribution in [0.4, 0.5) is 5.69 Å². The Hall–Kier alpha value is -4.59. The highest BCUT2D eigenvalue weighted by Gasteiger charge is 2.21. The number of nitrogen functional groups attached to an aromatic ring is 1. The van der Waals surface area contributed by atoms with E-state index in [2.05, 4.69) is 10.6 Å². The lowest BCUT2D eigenvalue weighted by molar-refractivity contribution is 0.0697. The molecule has 0 atom stereocenters. The third kappa shape index (κ3) is 10.1. The zero-order valence-electron chi connectivity index (χ0n) is 22.6. The number of nitrogens with two attached hydrogens (primary N) is 1. The van der Waals surface area contributed by atoms with Crippen molar-refractivity contribution < 1.29 is 37.6 Å². The average molecular weight is 585 g/mol. The third-order valence-corrected chi connectivity index (χ3v) is 5.44. The number of benzene rings is 3. The third-order valence-electron chi connectivity index (χ3n) is 5.44. The fourth-order valence-corrected chi connectivity index (χ4v) is 3.54. The highest BCUT2D eigenvalue weighted by atomic mass is 32.2. The monoisotopic (exact) mass is 584 g/mol. The highest BCUT2D eigenvalue weighted by Crippen LogP contribution is 2.30. The van der Waals surface area contributed by atoms with Crippen LogP contribution in [0.2, 0.25) is 0 Å². The number of carbonyl (C=O) groups is 3. The summed E-state index contributed by atoms with van der Waals surface area (Å²) in [5, 5.41) is 32.5. The van der Waals surface area contributed by atoms with Crippen LogP contribution in [0.5, 0.6) is 0 Å². The minimum Gasteiger partial charge on any atom is -0.478 e. The molecule has 0 spiro atoms. The largest absolute Gasteiger partial charge is 0.478 e. The van der Waals surface area contributed by atoms with Crippen molar-refractivity contribution in [3.8, 4) is 11.1 Å². The van der Waals surface area contributed by atoms with E-state index in [0.29, 0.717) is 35.2 Å². The molecule has 0 aliphatic heterocycles. The second kappa shape index (κ2) is 14.2. The summed E-state index contributed by atoms with van der Waals surface area (Å²) in [5.41, 5.74) is 7.68. The van der Waals surface area contributed by atoms with Crippen molar-refractivity contribution in [2.24, 2.45) is 11.7 Å². The summed E-state index contributed by atoms with van der Waals surface area (Å²) in [6.07, 6.45) is 0.715. The average Bonchev–Trinajstić information content (AvgIpc) is 2.90. The van der Waals surface area contributed by atoms with Crippen LogP contribution in [0.3, 0.4) is 0 Å². The first-order valence-electron chi connectivity index (χ1n) is 12.2. The number of aliphatic hydroxyl groups excluding tert-OH is 1. The van der Waals surface area contributed by atoms with E-state index in [1.165, 1.54) is 24.3 Å². The van der Waals surface area contributed by atoms with Crippen LogP contribution in [0, 0.1) is 11.3 Å². The first-order chi connectivity index (χ1) is 19.1. The minimum absolute atomic E-state index is 0.103. The second-order valence-corrected chi connectivity index (χ2v) is 10.9. The molecule has 3 rings (SSSR count). The molecular weight excluding hydrogens is 552 g/mol. The number of anilines is 1. The Labute approximate surface area is 237 Å². The van der Waals surface area contributed by atoms with Gasteiger partial charge in [-0.1, -0.05) is 32.0 Å². The van der Waals surface area contributed by atoms with Crippen molar-refractivity contribution in [3.05, 3.63) is 88.5 Å². The predicted molar refractivity (Wildman–Crippen MR) is 155 cm³/mol. The van der Waals surface area contributed by atoms with Crippen LogP contribution in [-0.2, 0) is 16.7 Å². The Bertz CT molecular complexity index is 1540. The van der Waals surface area contributed by atoms with Gasteiger partial charge in [0.1, 0.15) is 5.84 Å². The van der Waals surface area contributed by atoms with E-state index >= 15 is 0 Å². The first kappa shape index (κ1) is 32.6. The molecule has 2 amide bonds. The number of nitrogens with one attached hydrogen (secondary N) is 3. The Morgan fingerprint density at radius 3 is 1.95 bits per heavy atom. The zero-order valence-corrected chi connectivity index (χ0v) is 23.5. The van der Waals surface area contributed by atoms with Gasteiger partial charge in [0.05, 0.1) is 18.4 Å². The number of carboxylic acids is 1. The molecule has 3 aromatic rings. The van der Waals surface area contributed by atoms with Crippen molar-refractivity contribution in [1.82, 2.24) is 5.32 Å². The summed E-state index contributed by atoms with van der Waals surface area (Å²) in [6, 6.07) is 15.3. The van der Waals surface area contributed by atoms with E-state index in [4.69, 9.17) is 15.7 Å². The maximum atomic E-state index is 13.2. The lowest BCUT2D eigenvalue weighted by Gasteiger charge is -2.15. The van der Waals surface area contributed by atoms with Crippen LogP contribution < -0.4 is 16.4 Å². The maximum absolute atomic E-state index is 13.2. The number of carbonyl (C=O) groups excluding carboxylic acids is 2. The molecule has 218 valence electrons. The van der Waals surface area contributed by atoms with Crippen LogP contribution in [0.15, 0.2) is 60.7 Å². The molecule has 0 heterocycles. The van der Waals surface area contributed by atoms with Gasteiger partial charge >= 0.3 is 5.97 Å². The van der Waals surface area contributed by atoms with Crippen LogP contribution in [-0.4, -0.2) is 59.6 Å². The minimum atomic E-state index is -3.67. The number of amidine groups is 1. The van der Waals surface area contributed by atoms with Gasteiger partial charge in [-0.05, 0) is 65.1 Å². The maximum Gasteiger partial charge on any atom is 0.336 e. The molecule has 0 radical (unpaired) electrons. The SMILES string of the molecule is CC(C)CNC(=O)c1ccc(-c2ccc(CO)cc2C(=O)Nc2ccc(C(=N)N)cc2)c(C(=O)O)c1.CS(=O)(=O)O. The van der Waals surface area contributed by atoms with Gasteiger partial charge in [-0.3, -0.25) is 19.6 Å². The van der Waals surface area contributed by atoms with Gasteiger partial charge in [-0.2, -0.15) is 8.42 Å². The molecule has 0 aliphatic carbocycles. The van der Waals surface area contributed by atoms with E-state index in [-0.39, 0.29) is 46.5 Å². The Balaban J connectivity index is 0.00000108. The number of amides is 2. The molecule has 3 aromatic carbocycles. The Morgan fingerprint density at radius 2 is 1.44 bits per heavy atom. The number of hydrogen-bond acceptors (Lipinski definition) is 7. The number of rotatable bonds is 9. The van der Waals surface area contributed by atoms with Crippen molar-refractivity contribution in [3.63, 3.8) is 0 Å². The summed E-state index contributed by atoms with van der Waals surface area (Å²) in [4.78, 5) is 37.8.